The van der Waals surface area contributed by atoms with E-state index in [0.717, 1.165) is 38.8 Å². The average molecular weight is 578 g/mol. The summed E-state index contributed by atoms with van der Waals surface area (Å²) in [6.45, 7) is 3.11. The third-order valence-corrected chi connectivity index (χ3v) is 11.2. The number of halogens is 5. The second-order valence-electron chi connectivity index (χ2n) is 13.7. The molecule has 4 saturated heterocycles. The van der Waals surface area contributed by atoms with E-state index < -0.39 is 29.9 Å². The molecule has 2 aliphatic carbocycles. The standard InChI is InChI=1S/C28H44F5N5O2/c1-36-17-34-35-24(36)12-26(15-40-16-26)19-3-2-4-20(11-19)38-14-22-21(25(38)39)9-18(10-23(22)28(31,32)33)13-37-7-5-27(29,30)6-8-37/h18-24,34-35H,2-17H2,1H3. The lowest BCUT2D eigenvalue weighted by atomic mass is 9.64. The number of carbonyl (C=O) groups excluding carboxylic acids is 1. The van der Waals surface area contributed by atoms with Gasteiger partial charge in [0.25, 0.3) is 5.92 Å². The molecule has 4 aliphatic heterocycles. The van der Waals surface area contributed by atoms with Crippen molar-refractivity contribution in [1.82, 2.24) is 25.6 Å². The maximum atomic E-state index is 14.4. The van der Waals surface area contributed by atoms with Gasteiger partial charge < -0.3 is 14.5 Å². The molecule has 4 heterocycles. The Labute approximate surface area is 233 Å². The summed E-state index contributed by atoms with van der Waals surface area (Å²) in [4.78, 5) is 19.7. The predicted octanol–water partition coefficient (Wildman–Crippen LogP) is 3.67. The summed E-state index contributed by atoms with van der Waals surface area (Å²) in [6.07, 6.45) is 0.370. The predicted molar refractivity (Wildman–Crippen MR) is 138 cm³/mol. The lowest BCUT2D eigenvalue weighted by Crippen LogP contribution is -2.56. The summed E-state index contributed by atoms with van der Waals surface area (Å²) in [7, 11) is 2.07. The summed E-state index contributed by atoms with van der Waals surface area (Å²) in [5.74, 6) is -5.58. The molecule has 7 nitrogen and oxygen atoms in total. The van der Waals surface area contributed by atoms with E-state index >= 15 is 0 Å². The Balaban J connectivity index is 1.13. The number of piperidine rings is 1. The van der Waals surface area contributed by atoms with Crippen LogP contribution in [-0.4, -0.2) is 98.0 Å². The number of hydrazine groups is 1. The Morgan fingerprint density at radius 1 is 1.07 bits per heavy atom. The number of nitrogens with zero attached hydrogens (tertiary/aromatic N) is 3. The molecule has 1 amide bonds. The third-order valence-electron chi connectivity index (χ3n) is 11.2. The molecule has 12 heteroatoms. The maximum absolute atomic E-state index is 14.4. The van der Waals surface area contributed by atoms with Crippen LogP contribution < -0.4 is 10.9 Å². The molecule has 2 N–H and O–H groups in total. The van der Waals surface area contributed by atoms with E-state index in [1.54, 1.807) is 0 Å². The molecule has 0 aromatic rings. The van der Waals surface area contributed by atoms with Gasteiger partial charge in [0, 0.05) is 56.4 Å². The Morgan fingerprint density at radius 2 is 1.82 bits per heavy atom. The van der Waals surface area contributed by atoms with Crippen LogP contribution in [0, 0.1) is 35.0 Å². The van der Waals surface area contributed by atoms with E-state index in [1.807, 2.05) is 9.80 Å². The zero-order valence-corrected chi connectivity index (χ0v) is 23.4. The Hall–Kier alpha value is -1.08. The molecule has 228 valence electrons. The number of amides is 1. The quantitative estimate of drug-likeness (QED) is 0.470. The molecule has 6 fully saturated rings. The average Bonchev–Trinajstić information content (AvgIpc) is 3.44. The van der Waals surface area contributed by atoms with Crippen LogP contribution in [0.3, 0.4) is 0 Å². The van der Waals surface area contributed by atoms with Crippen LogP contribution in [0.25, 0.3) is 0 Å². The van der Waals surface area contributed by atoms with Gasteiger partial charge in [-0.05, 0) is 63.3 Å². The molecule has 6 rings (SSSR count). The number of ether oxygens (including phenoxy) is 1. The molecule has 6 aliphatic rings. The zero-order chi connectivity index (χ0) is 28.3. The normalized spacial score (nSPS) is 40.7. The number of carbonyl (C=O) groups is 1. The molecule has 0 aromatic heterocycles. The number of fused-ring (bicyclic) bond motifs is 1. The van der Waals surface area contributed by atoms with Gasteiger partial charge in [-0.3, -0.25) is 9.69 Å². The van der Waals surface area contributed by atoms with E-state index in [-0.39, 0.29) is 68.3 Å². The van der Waals surface area contributed by atoms with Gasteiger partial charge in [-0.25, -0.2) is 19.6 Å². The van der Waals surface area contributed by atoms with E-state index in [2.05, 4.69) is 22.8 Å². The first-order valence-electron chi connectivity index (χ1n) is 15.2. The molecular formula is C28H44F5N5O2. The summed E-state index contributed by atoms with van der Waals surface area (Å²) in [5, 5.41) is 0. The number of hydrogen-bond acceptors (Lipinski definition) is 6. The van der Waals surface area contributed by atoms with E-state index in [9.17, 15) is 26.7 Å². The maximum Gasteiger partial charge on any atom is 0.392 e. The van der Waals surface area contributed by atoms with Crippen molar-refractivity contribution in [3.8, 4) is 0 Å². The van der Waals surface area contributed by atoms with Gasteiger partial charge in [0.2, 0.25) is 5.91 Å². The molecule has 0 spiro atoms. The fourth-order valence-electron chi connectivity index (χ4n) is 8.78. The highest BCUT2D eigenvalue weighted by molar-refractivity contribution is 5.82. The van der Waals surface area contributed by atoms with E-state index in [0.29, 0.717) is 32.1 Å². The Kier molecular flexibility index (Phi) is 7.89. The zero-order valence-electron chi connectivity index (χ0n) is 23.4. The van der Waals surface area contributed by atoms with Gasteiger partial charge in [0.15, 0.2) is 0 Å². The second-order valence-corrected chi connectivity index (χ2v) is 13.7. The number of hydrogen-bond donors (Lipinski definition) is 2. The van der Waals surface area contributed by atoms with Crippen LogP contribution >= 0.6 is 0 Å². The van der Waals surface area contributed by atoms with Crippen molar-refractivity contribution in [3.63, 3.8) is 0 Å². The highest BCUT2D eigenvalue weighted by Gasteiger charge is 2.58. The first kappa shape index (κ1) is 29.0. The molecule has 7 atom stereocenters. The van der Waals surface area contributed by atoms with Gasteiger partial charge in [0.1, 0.15) is 0 Å². The lowest BCUT2D eigenvalue weighted by Gasteiger charge is -2.52. The van der Waals surface area contributed by atoms with Gasteiger partial charge in [-0.2, -0.15) is 13.2 Å². The van der Waals surface area contributed by atoms with E-state index in [1.165, 1.54) is 0 Å². The summed E-state index contributed by atoms with van der Waals surface area (Å²) >= 11 is 0. The summed E-state index contributed by atoms with van der Waals surface area (Å²) in [6, 6.07) is -0.0293. The van der Waals surface area contributed by atoms with Crippen LogP contribution in [0.1, 0.15) is 57.8 Å². The van der Waals surface area contributed by atoms with Crippen LogP contribution in [0.2, 0.25) is 0 Å². The SMILES string of the molecule is CN1CNNC1CC1(C2CCCC(N3CC4C(CC(CN5CCC(F)(F)CC5)CC4C(F)(F)F)C3=O)C2)COC1. The van der Waals surface area contributed by atoms with Crippen molar-refractivity contribution in [2.45, 2.75) is 82.1 Å². The van der Waals surface area contributed by atoms with Gasteiger partial charge >= 0.3 is 6.18 Å². The third kappa shape index (κ3) is 5.64. The second kappa shape index (κ2) is 10.9. The highest BCUT2D eigenvalue weighted by Crippen LogP contribution is 2.53. The van der Waals surface area contributed by atoms with Gasteiger partial charge in [0.05, 0.1) is 32.0 Å². The van der Waals surface area contributed by atoms with Crippen molar-refractivity contribution >= 4 is 5.91 Å². The van der Waals surface area contributed by atoms with Crippen molar-refractivity contribution in [3.05, 3.63) is 0 Å². The minimum Gasteiger partial charge on any atom is -0.380 e. The van der Waals surface area contributed by atoms with Crippen LogP contribution in [0.5, 0.6) is 0 Å². The molecule has 0 aromatic carbocycles. The number of alkyl halides is 5. The van der Waals surface area contributed by atoms with Gasteiger partial charge in [-0.1, -0.05) is 6.42 Å². The number of likely N-dealkylation sites (tertiary alicyclic amines) is 2. The summed E-state index contributed by atoms with van der Waals surface area (Å²) < 4.78 is 76.0. The molecule has 40 heavy (non-hydrogen) atoms. The first-order chi connectivity index (χ1) is 18.9. The van der Waals surface area contributed by atoms with E-state index in [4.69, 9.17) is 4.74 Å². The van der Waals surface area contributed by atoms with Crippen molar-refractivity contribution < 1.29 is 31.5 Å². The molecular weight excluding hydrogens is 533 g/mol. The van der Waals surface area contributed by atoms with Crippen LogP contribution in [0.15, 0.2) is 0 Å². The van der Waals surface area contributed by atoms with Crippen molar-refractivity contribution in [1.29, 1.82) is 0 Å². The largest absolute Gasteiger partial charge is 0.392 e. The molecule has 2 saturated carbocycles. The first-order valence-corrected chi connectivity index (χ1v) is 15.2. The monoisotopic (exact) mass is 577 g/mol. The van der Waals surface area contributed by atoms with Crippen molar-refractivity contribution in [2.75, 3.05) is 53.1 Å². The van der Waals surface area contributed by atoms with Crippen LogP contribution in [0.4, 0.5) is 22.0 Å². The minimum atomic E-state index is -4.37. The van der Waals surface area contributed by atoms with Crippen LogP contribution in [-0.2, 0) is 9.53 Å². The lowest BCUT2D eigenvalue weighted by molar-refractivity contribution is -0.204. The highest BCUT2D eigenvalue weighted by atomic mass is 19.4. The topological polar surface area (TPSA) is 60.1 Å². The molecule has 0 radical (unpaired) electrons. The minimum absolute atomic E-state index is 0.0115. The number of rotatable bonds is 6. The fraction of sp³-hybridized carbons (Fsp3) is 0.964. The molecule has 7 unspecified atom stereocenters. The fourth-order valence-corrected chi connectivity index (χ4v) is 8.78. The Morgan fingerprint density at radius 3 is 2.45 bits per heavy atom. The smallest absolute Gasteiger partial charge is 0.380 e. The Bertz CT molecular complexity index is 923. The number of nitrogens with one attached hydrogen (secondary N) is 2. The van der Waals surface area contributed by atoms with Gasteiger partial charge in [-0.15, -0.1) is 0 Å². The summed E-state index contributed by atoms with van der Waals surface area (Å²) in [5.41, 5.74) is 6.55. The van der Waals surface area contributed by atoms with Crippen molar-refractivity contribution in [2.24, 2.45) is 35.0 Å². The molecule has 0 bridgehead atoms.